The van der Waals surface area contributed by atoms with Gasteiger partial charge in [-0.25, -0.2) is 0 Å². The van der Waals surface area contributed by atoms with Crippen LogP contribution in [0.3, 0.4) is 0 Å². The fourth-order valence-corrected chi connectivity index (χ4v) is 4.43. The number of rotatable bonds is 2. The van der Waals surface area contributed by atoms with Crippen LogP contribution in [0.15, 0.2) is 0 Å². The van der Waals surface area contributed by atoms with E-state index in [2.05, 4.69) is 20.8 Å². The number of hydrogen-bond acceptors (Lipinski definition) is 1. The molecule has 15 heavy (non-hydrogen) atoms. The highest BCUT2D eigenvalue weighted by molar-refractivity contribution is 5.07. The Balaban J connectivity index is 1.73. The Bertz CT molecular complexity index is 267. The molecule has 1 heteroatoms. The van der Waals surface area contributed by atoms with Gasteiger partial charge < -0.3 is 5.11 Å². The van der Waals surface area contributed by atoms with Crippen LogP contribution in [-0.2, 0) is 0 Å². The van der Waals surface area contributed by atoms with E-state index in [0.717, 1.165) is 17.8 Å². The minimum absolute atomic E-state index is 0.0291. The molecule has 0 aliphatic heterocycles. The Morgan fingerprint density at radius 1 is 1.20 bits per heavy atom. The molecule has 0 amide bonds. The summed E-state index contributed by atoms with van der Waals surface area (Å²) < 4.78 is 0. The van der Waals surface area contributed by atoms with Crippen LogP contribution in [-0.4, -0.2) is 11.2 Å². The summed E-state index contributed by atoms with van der Waals surface area (Å²) in [4.78, 5) is 0. The van der Waals surface area contributed by atoms with E-state index in [-0.39, 0.29) is 6.10 Å². The predicted octanol–water partition coefficient (Wildman–Crippen LogP) is 3.08. The van der Waals surface area contributed by atoms with Crippen LogP contribution in [0, 0.1) is 35.0 Å². The molecule has 0 heterocycles. The molecular weight excluding hydrogens is 184 g/mol. The first kappa shape index (κ1) is 10.1. The molecular formula is C14H24O. The Morgan fingerprint density at radius 3 is 2.33 bits per heavy atom. The van der Waals surface area contributed by atoms with Crippen molar-refractivity contribution in [1.82, 2.24) is 0 Å². The van der Waals surface area contributed by atoms with Crippen molar-refractivity contribution in [3.8, 4) is 0 Å². The zero-order chi connectivity index (χ0) is 10.8. The number of fused-ring (bicyclic) bond motifs is 2. The molecule has 1 nitrogen and oxygen atoms in total. The third-order valence-electron chi connectivity index (χ3n) is 5.96. The van der Waals surface area contributed by atoms with E-state index in [1.54, 1.807) is 0 Å². The van der Waals surface area contributed by atoms with E-state index in [1.165, 1.54) is 25.7 Å². The van der Waals surface area contributed by atoms with Crippen LogP contribution in [0.2, 0.25) is 0 Å². The van der Waals surface area contributed by atoms with Gasteiger partial charge in [0.1, 0.15) is 0 Å². The van der Waals surface area contributed by atoms with Crippen molar-refractivity contribution < 1.29 is 5.11 Å². The monoisotopic (exact) mass is 208 g/mol. The van der Waals surface area contributed by atoms with Crippen molar-refractivity contribution >= 4 is 0 Å². The average molecular weight is 208 g/mol. The molecule has 86 valence electrons. The van der Waals surface area contributed by atoms with Gasteiger partial charge in [-0.15, -0.1) is 0 Å². The standard InChI is InChI=1S/C14H24O/c1-8-11(13(15)9-4-5-9)6-10-7-12(8)14(10,2)3/h8-13,15H,4-7H2,1-3H3/t8-,10+,11+,12+,13?/m0/s1. The Labute approximate surface area is 93.3 Å². The molecule has 0 radical (unpaired) electrons. The topological polar surface area (TPSA) is 20.2 Å². The lowest BCUT2D eigenvalue weighted by molar-refractivity contribution is -0.154. The van der Waals surface area contributed by atoms with E-state index < -0.39 is 0 Å². The molecule has 4 rings (SSSR count). The number of hydrogen-bond donors (Lipinski definition) is 1. The summed E-state index contributed by atoms with van der Waals surface area (Å²) in [7, 11) is 0. The first-order valence-electron chi connectivity index (χ1n) is 6.70. The maximum Gasteiger partial charge on any atom is 0.0599 e. The van der Waals surface area contributed by atoms with E-state index in [4.69, 9.17) is 0 Å². The van der Waals surface area contributed by atoms with Gasteiger partial charge in [-0.2, -0.15) is 0 Å². The third-order valence-corrected chi connectivity index (χ3v) is 5.96. The summed E-state index contributed by atoms with van der Waals surface area (Å²) >= 11 is 0. The summed E-state index contributed by atoms with van der Waals surface area (Å²) in [6.07, 6.45) is 5.32. The lowest BCUT2D eigenvalue weighted by atomic mass is 9.43. The van der Waals surface area contributed by atoms with Crippen molar-refractivity contribution in [1.29, 1.82) is 0 Å². The summed E-state index contributed by atoms with van der Waals surface area (Å²) in [5, 5.41) is 10.3. The molecule has 1 N–H and O–H groups in total. The summed E-state index contributed by atoms with van der Waals surface area (Å²) in [5.41, 5.74) is 0.569. The number of aliphatic hydroxyl groups is 1. The zero-order valence-corrected chi connectivity index (χ0v) is 10.2. The average Bonchev–Trinajstić information content (AvgIpc) is 2.99. The summed E-state index contributed by atoms with van der Waals surface area (Å²) in [6.45, 7) is 7.25. The molecule has 2 bridgehead atoms. The molecule has 0 aromatic rings. The highest BCUT2D eigenvalue weighted by Gasteiger charge is 2.58. The lowest BCUT2D eigenvalue weighted by Gasteiger charge is -2.62. The van der Waals surface area contributed by atoms with Crippen LogP contribution in [0.4, 0.5) is 0 Å². The van der Waals surface area contributed by atoms with E-state index in [1.807, 2.05) is 0 Å². The van der Waals surface area contributed by atoms with Crippen LogP contribution in [0.25, 0.3) is 0 Å². The Morgan fingerprint density at radius 2 is 1.87 bits per heavy atom. The van der Waals surface area contributed by atoms with Gasteiger partial charge in [-0.1, -0.05) is 20.8 Å². The van der Waals surface area contributed by atoms with Crippen LogP contribution < -0.4 is 0 Å². The zero-order valence-electron chi connectivity index (χ0n) is 10.2. The summed E-state index contributed by atoms with van der Waals surface area (Å²) in [6, 6.07) is 0. The van der Waals surface area contributed by atoms with Gasteiger partial charge in [0.25, 0.3) is 0 Å². The minimum atomic E-state index is 0.0291. The second-order valence-corrected chi connectivity index (χ2v) is 6.95. The van der Waals surface area contributed by atoms with E-state index in [0.29, 0.717) is 17.3 Å². The lowest BCUT2D eigenvalue weighted by Crippen LogP contribution is -2.57. The second kappa shape index (κ2) is 3.00. The van der Waals surface area contributed by atoms with Gasteiger partial charge in [-0.3, -0.25) is 0 Å². The molecule has 1 unspecified atom stereocenters. The molecule has 0 saturated heterocycles. The maximum atomic E-state index is 10.3. The largest absolute Gasteiger partial charge is 0.393 e. The molecule has 4 aliphatic carbocycles. The molecule has 0 aromatic carbocycles. The third kappa shape index (κ3) is 1.32. The van der Waals surface area contributed by atoms with Gasteiger partial charge >= 0.3 is 0 Å². The van der Waals surface area contributed by atoms with E-state index >= 15 is 0 Å². The first-order valence-corrected chi connectivity index (χ1v) is 6.70. The Kier molecular flexibility index (Phi) is 2.03. The molecule has 4 fully saturated rings. The predicted molar refractivity (Wildman–Crippen MR) is 61.4 cm³/mol. The second-order valence-electron chi connectivity index (χ2n) is 6.95. The van der Waals surface area contributed by atoms with Gasteiger partial charge in [0.05, 0.1) is 6.10 Å². The smallest absolute Gasteiger partial charge is 0.0599 e. The summed E-state index contributed by atoms with van der Waals surface area (Å²) in [5.74, 6) is 3.82. The van der Waals surface area contributed by atoms with Gasteiger partial charge in [-0.05, 0) is 60.7 Å². The highest BCUT2D eigenvalue weighted by Crippen LogP contribution is 2.64. The van der Waals surface area contributed by atoms with Gasteiger partial charge in [0.2, 0.25) is 0 Å². The van der Waals surface area contributed by atoms with Crippen LogP contribution >= 0.6 is 0 Å². The fraction of sp³-hybridized carbons (Fsp3) is 1.00. The molecule has 4 saturated carbocycles. The van der Waals surface area contributed by atoms with Crippen LogP contribution in [0.5, 0.6) is 0 Å². The SMILES string of the molecule is C[C@@H]1[C@H]2C[C@@H](C[C@H]1C(O)C1CC1)C2(C)C. The van der Waals surface area contributed by atoms with Crippen molar-refractivity contribution in [3.63, 3.8) is 0 Å². The van der Waals surface area contributed by atoms with Gasteiger partial charge in [0.15, 0.2) is 0 Å². The normalized spacial score (nSPS) is 49.6. The number of aliphatic hydroxyl groups excluding tert-OH is 1. The van der Waals surface area contributed by atoms with Crippen molar-refractivity contribution in [2.75, 3.05) is 0 Å². The van der Waals surface area contributed by atoms with Crippen molar-refractivity contribution in [2.45, 2.75) is 52.6 Å². The van der Waals surface area contributed by atoms with Gasteiger partial charge in [0, 0.05) is 0 Å². The molecule has 0 aromatic heterocycles. The molecule has 5 atom stereocenters. The minimum Gasteiger partial charge on any atom is -0.393 e. The molecule has 4 aliphatic rings. The van der Waals surface area contributed by atoms with E-state index in [9.17, 15) is 5.11 Å². The maximum absolute atomic E-state index is 10.3. The Hall–Kier alpha value is -0.0400. The highest BCUT2D eigenvalue weighted by atomic mass is 16.3. The van der Waals surface area contributed by atoms with Crippen molar-refractivity contribution in [3.05, 3.63) is 0 Å². The first-order chi connectivity index (χ1) is 7.01. The van der Waals surface area contributed by atoms with Crippen LogP contribution in [0.1, 0.15) is 46.5 Å². The fourth-order valence-electron chi connectivity index (χ4n) is 4.43. The van der Waals surface area contributed by atoms with Crippen molar-refractivity contribution in [2.24, 2.45) is 35.0 Å². The quantitative estimate of drug-likeness (QED) is 0.739. The molecule has 0 spiro atoms.